The standard InChI is InChI=1S/C26H22F3NO3/c1-2-26(28,29)18-6-3-14(4-7-18)15-5-8-21(27)17(9-15)13-33-22-11-16-10-19-23(20(16)12-30-22)24(19)25(31)32/h3-9,11-12,19,23-24H,2,10,13H2,1H3,(H,31,32). The number of carboxylic acid groups (broad SMARTS) is 1. The van der Waals surface area contributed by atoms with Crippen molar-refractivity contribution >= 4 is 5.97 Å². The Morgan fingerprint density at radius 3 is 2.58 bits per heavy atom. The van der Waals surface area contributed by atoms with Crippen LogP contribution in [-0.2, 0) is 23.7 Å². The van der Waals surface area contributed by atoms with Crippen LogP contribution >= 0.6 is 0 Å². The largest absolute Gasteiger partial charge is 0.481 e. The van der Waals surface area contributed by atoms with Crippen LogP contribution in [0.25, 0.3) is 11.1 Å². The van der Waals surface area contributed by atoms with E-state index in [4.69, 9.17) is 4.74 Å². The maximum atomic E-state index is 14.4. The van der Waals surface area contributed by atoms with Gasteiger partial charge in [-0.3, -0.25) is 4.79 Å². The quantitative estimate of drug-likeness (QED) is 0.481. The van der Waals surface area contributed by atoms with E-state index in [1.54, 1.807) is 36.5 Å². The first-order valence-corrected chi connectivity index (χ1v) is 10.9. The van der Waals surface area contributed by atoms with Gasteiger partial charge < -0.3 is 9.84 Å². The van der Waals surface area contributed by atoms with E-state index < -0.39 is 17.7 Å². The SMILES string of the molecule is CCC(F)(F)c1ccc(-c2ccc(F)c(COc3cc4c(cn3)C3C(C4)C3C(=O)O)c2)cc1. The van der Waals surface area contributed by atoms with Crippen molar-refractivity contribution in [2.75, 3.05) is 0 Å². The molecule has 2 aliphatic carbocycles. The van der Waals surface area contributed by atoms with Gasteiger partial charge in [-0.2, -0.15) is 0 Å². The van der Waals surface area contributed by atoms with Crippen LogP contribution in [0.4, 0.5) is 13.2 Å². The maximum absolute atomic E-state index is 14.4. The maximum Gasteiger partial charge on any atom is 0.307 e. The van der Waals surface area contributed by atoms with Gasteiger partial charge >= 0.3 is 5.97 Å². The predicted octanol–water partition coefficient (Wildman–Crippen LogP) is 5.94. The highest BCUT2D eigenvalue weighted by atomic mass is 19.3. The summed E-state index contributed by atoms with van der Waals surface area (Å²) in [5.74, 6) is -3.86. The number of nitrogens with zero attached hydrogens (tertiary/aromatic N) is 1. The number of fused-ring (bicyclic) bond motifs is 3. The first kappa shape index (κ1) is 21.5. The number of hydrogen-bond donors (Lipinski definition) is 1. The molecule has 0 saturated heterocycles. The van der Waals surface area contributed by atoms with Crippen LogP contribution in [0.15, 0.2) is 54.7 Å². The molecule has 3 aromatic rings. The molecule has 170 valence electrons. The highest BCUT2D eigenvalue weighted by Gasteiger charge is 2.59. The van der Waals surface area contributed by atoms with Gasteiger partial charge in [0.05, 0.1) is 5.92 Å². The molecule has 0 bridgehead atoms. The fourth-order valence-electron chi connectivity index (χ4n) is 4.81. The molecule has 1 saturated carbocycles. The first-order valence-electron chi connectivity index (χ1n) is 10.9. The van der Waals surface area contributed by atoms with Gasteiger partial charge in [0.25, 0.3) is 5.92 Å². The predicted molar refractivity (Wildman–Crippen MR) is 116 cm³/mol. The molecule has 1 fully saturated rings. The van der Waals surface area contributed by atoms with E-state index in [1.807, 2.05) is 0 Å². The van der Waals surface area contributed by atoms with Gasteiger partial charge in [0, 0.05) is 35.7 Å². The van der Waals surface area contributed by atoms with Crippen molar-refractivity contribution in [1.29, 1.82) is 0 Å². The lowest BCUT2D eigenvalue weighted by Crippen LogP contribution is -2.10. The number of alkyl halides is 2. The molecule has 3 atom stereocenters. The number of benzene rings is 2. The molecular formula is C26H22F3NO3. The van der Waals surface area contributed by atoms with Gasteiger partial charge in [-0.05, 0) is 46.7 Å². The monoisotopic (exact) mass is 453 g/mol. The number of hydrogen-bond acceptors (Lipinski definition) is 3. The number of carboxylic acids is 1. The molecule has 7 heteroatoms. The summed E-state index contributed by atoms with van der Waals surface area (Å²) < 4.78 is 47.8. The van der Waals surface area contributed by atoms with Crippen LogP contribution in [0.3, 0.4) is 0 Å². The summed E-state index contributed by atoms with van der Waals surface area (Å²) >= 11 is 0. The topological polar surface area (TPSA) is 59.4 Å². The van der Waals surface area contributed by atoms with Crippen molar-refractivity contribution in [2.24, 2.45) is 11.8 Å². The van der Waals surface area contributed by atoms with Crippen LogP contribution in [0.1, 0.15) is 41.5 Å². The number of aliphatic carboxylic acids is 1. The van der Waals surface area contributed by atoms with Crippen molar-refractivity contribution < 1.29 is 27.8 Å². The smallest absolute Gasteiger partial charge is 0.307 e. The third-order valence-electron chi connectivity index (χ3n) is 6.77. The Kier molecular flexibility index (Phi) is 5.15. The fourth-order valence-corrected chi connectivity index (χ4v) is 4.81. The molecule has 3 unspecified atom stereocenters. The van der Waals surface area contributed by atoms with Crippen LogP contribution in [0.2, 0.25) is 0 Å². The van der Waals surface area contributed by atoms with Gasteiger partial charge in [-0.25, -0.2) is 18.2 Å². The van der Waals surface area contributed by atoms with Crippen LogP contribution in [0, 0.1) is 17.7 Å². The number of rotatable bonds is 7. The molecule has 1 heterocycles. The number of ether oxygens (including phenoxy) is 1. The Balaban J connectivity index is 1.30. The second-order valence-corrected chi connectivity index (χ2v) is 8.71. The Morgan fingerprint density at radius 1 is 1.15 bits per heavy atom. The normalized spacial score (nSPS) is 20.8. The zero-order valence-corrected chi connectivity index (χ0v) is 17.9. The third-order valence-corrected chi connectivity index (χ3v) is 6.77. The zero-order chi connectivity index (χ0) is 23.3. The molecule has 2 aliphatic rings. The Labute approximate surface area is 189 Å². The Bertz CT molecular complexity index is 1230. The minimum atomic E-state index is -2.88. The molecule has 1 aromatic heterocycles. The second kappa shape index (κ2) is 7.90. The summed E-state index contributed by atoms with van der Waals surface area (Å²) in [4.78, 5) is 15.5. The van der Waals surface area contributed by atoms with E-state index in [9.17, 15) is 23.1 Å². The van der Waals surface area contributed by atoms with Gasteiger partial charge in [-0.1, -0.05) is 37.3 Å². The lowest BCUT2D eigenvalue weighted by atomic mass is 9.99. The van der Waals surface area contributed by atoms with Crippen LogP contribution < -0.4 is 4.74 Å². The highest BCUT2D eigenvalue weighted by molar-refractivity contribution is 5.77. The fraction of sp³-hybridized carbons (Fsp3) is 0.308. The molecule has 4 nitrogen and oxygen atoms in total. The summed E-state index contributed by atoms with van der Waals surface area (Å²) in [7, 11) is 0. The van der Waals surface area contributed by atoms with E-state index >= 15 is 0 Å². The van der Waals surface area contributed by atoms with E-state index in [-0.39, 0.29) is 36.3 Å². The van der Waals surface area contributed by atoms with Gasteiger partial charge in [0.15, 0.2) is 0 Å². The molecule has 1 N–H and O–H groups in total. The molecule has 0 aliphatic heterocycles. The van der Waals surface area contributed by atoms with Crippen molar-refractivity contribution in [1.82, 2.24) is 4.98 Å². The second-order valence-electron chi connectivity index (χ2n) is 8.71. The minimum absolute atomic E-state index is 0.0387. The summed E-state index contributed by atoms with van der Waals surface area (Å²) in [6.45, 7) is 1.40. The third kappa shape index (κ3) is 3.86. The Morgan fingerprint density at radius 2 is 1.88 bits per heavy atom. The van der Waals surface area contributed by atoms with Gasteiger partial charge in [0.2, 0.25) is 5.88 Å². The highest BCUT2D eigenvalue weighted by Crippen LogP contribution is 2.61. The van der Waals surface area contributed by atoms with Gasteiger partial charge in [-0.15, -0.1) is 0 Å². The average molecular weight is 453 g/mol. The van der Waals surface area contributed by atoms with Crippen molar-refractivity contribution in [3.05, 3.63) is 82.8 Å². The van der Waals surface area contributed by atoms with E-state index in [2.05, 4.69) is 4.98 Å². The lowest BCUT2D eigenvalue weighted by Gasteiger charge is -2.15. The number of halogens is 3. The molecule has 5 rings (SSSR count). The van der Waals surface area contributed by atoms with Crippen molar-refractivity contribution in [2.45, 2.75) is 38.2 Å². The molecule has 0 amide bonds. The molecular weight excluding hydrogens is 431 g/mol. The summed E-state index contributed by atoms with van der Waals surface area (Å²) in [5, 5.41) is 9.23. The van der Waals surface area contributed by atoms with Crippen LogP contribution in [-0.4, -0.2) is 16.1 Å². The lowest BCUT2D eigenvalue weighted by molar-refractivity contribution is -0.139. The number of pyridine rings is 1. The van der Waals surface area contributed by atoms with Crippen molar-refractivity contribution in [3.63, 3.8) is 0 Å². The molecule has 2 aromatic carbocycles. The summed E-state index contributed by atoms with van der Waals surface area (Å²) in [6.07, 6.45) is 2.08. The molecule has 33 heavy (non-hydrogen) atoms. The number of aromatic nitrogens is 1. The molecule has 0 spiro atoms. The van der Waals surface area contributed by atoms with E-state index in [0.29, 0.717) is 29.0 Å². The Hall–Kier alpha value is -3.35. The van der Waals surface area contributed by atoms with E-state index in [0.717, 1.165) is 11.1 Å². The van der Waals surface area contributed by atoms with E-state index in [1.165, 1.54) is 25.1 Å². The minimum Gasteiger partial charge on any atom is -0.481 e. The number of carbonyl (C=O) groups is 1. The summed E-state index contributed by atoms with van der Waals surface area (Å²) in [5.41, 5.74) is 3.68. The molecule has 0 radical (unpaired) electrons. The zero-order valence-electron chi connectivity index (χ0n) is 17.9. The average Bonchev–Trinajstić information content (AvgIpc) is 3.41. The van der Waals surface area contributed by atoms with Gasteiger partial charge in [0.1, 0.15) is 12.4 Å². The summed E-state index contributed by atoms with van der Waals surface area (Å²) in [6, 6.07) is 12.4. The first-order chi connectivity index (χ1) is 15.8. The van der Waals surface area contributed by atoms with Crippen molar-refractivity contribution in [3.8, 4) is 17.0 Å². The van der Waals surface area contributed by atoms with Crippen LogP contribution in [0.5, 0.6) is 5.88 Å².